The van der Waals surface area contributed by atoms with Crippen LogP contribution in [-0.2, 0) is 13.7 Å². The Hall–Kier alpha value is -4.00. The van der Waals surface area contributed by atoms with Gasteiger partial charge in [-0.2, -0.15) is 0 Å². The SMILES string of the molecule is Cc1ccc(-c2nnc(C)n2C)cc1NC(=O)c1ccc(OCc2ccccn2)cc1. The van der Waals surface area contributed by atoms with Gasteiger partial charge in [0.1, 0.15) is 18.2 Å². The molecule has 0 saturated carbocycles. The number of carbonyl (C=O) groups excluding carboxylic acids is 1. The first kappa shape index (κ1) is 20.3. The van der Waals surface area contributed by atoms with E-state index in [-0.39, 0.29) is 5.91 Å². The summed E-state index contributed by atoms with van der Waals surface area (Å²) in [6.07, 6.45) is 1.73. The van der Waals surface area contributed by atoms with E-state index in [4.69, 9.17) is 4.74 Å². The minimum Gasteiger partial charge on any atom is -0.487 e. The van der Waals surface area contributed by atoms with Gasteiger partial charge in [-0.15, -0.1) is 10.2 Å². The van der Waals surface area contributed by atoms with Gasteiger partial charge >= 0.3 is 0 Å². The third kappa shape index (κ3) is 4.61. The molecule has 156 valence electrons. The second-order valence-corrected chi connectivity index (χ2v) is 7.25. The largest absolute Gasteiger partial charge is 0.487 e. The molecule has 0 fully saturated rings. The Bertz CT molecular complexity index is 1200. The number of ether oxygens (including phenoxy) is 1. The van der Waals surface area contributed by atoms with Gasteiger partial charge in [0.15, 0.2) is 5.82 Å². The molecule has 0 radical (unpaired) electrons. The molecule has 7 nitrogen and oxygen atoms in total. The highest BCUT2D eigenvalue weighted by molar-refractivity contribution is 6.05. The molecular weight excluding hydrogens is 390 g/mol. The molecule has 4 aromatic rings. The van der Waals surface area contributed by atoms with Gasteiger partial charge in [-0.05, 0) is 61.9 Å². The fourth-order valence-corrected chi connectivity index (χ4v) is 3.09. The lowest BCUT2D eigenvalue weighted by Crippen LogP contribution is -2.13. The van der Waals surface area contributed by atoms with Gasteiger partial charge in [0.05, 0.1) is 5.69 Å². The number of aromatic nitrogens is 4. The van der Waals surface area contributed by atoms with E-state index >= 15 is 0 Å². The molecule has 0 aliphatic rings. The predicted molar refractivity (Wildman–Crippen MR) is 119 cm³/mol. The fraction of sp³-hybridized carbons (Fsp3) is 0.167. The van der Waals surface area contributed by atoms with E-state index in [1.807, 2.05) is 61.9 Å². The lowest BCUT2D eigenvalue weighted by Gasteiger charge is -2.11. The lowest BCUT2D eigenvalue weighted by atomic mass is 10.1. The Morgan fingerprint density at radius 1 is 1.03 bits per heavy atom. The molecule has 0 saturated heterocycles. The Kier molecular flexibility index (Phi) is 5.75. The van der Waals surface area contributed by atoms with Crippen LogP contribution in [0, 0.1) is 13.8 Å². The third-order valence-electron chi connectivity index (χ3n) is 5.07. The average Bonchev–Trinajstić information content (AvgIpc) is 3.13. The molecule has 0 unspecified atom stereocenters. The first-order valence-electron chi connectivity index (χ1n) is 9.92. The number of anilines is 1. The van der Waals surface area contributed by atoms with Crippen molar-refractivity contribution >= 4 is 11.6 Å². The van der Waals surface area contributed by atoms with Crippen LogP contribution in [0.5, 0.6) is 5.75 Å². The Balaban J connectivity index is 1.45. The third-order valence-corrected chi connectivity index (χ3v) is 5.07. The van der Waals surface area contributed by atoms with E-state index in [9.17, 15) is 4.79 Å². The Morgan fingerprint density at radius 3 is 2.52 bits per heavy atom. The molecule has 7 heteroatoms. The van der Waals surface area contributed by atoms with Crippen molar-refractivity contribution < 1.29 is 9.53 Å². The minimum absolute atomic E-state index is 0.189. The molecule has 2 aromatic carbocycles. The van der Waals surface area contributed by atoms with Crippen molar-refractivity contribution in [2.45, 2.75) is 20.5 Å². The van der Waals surface area contributed by atoms with Crippen LogP contribution >= 0.6 is 0 Å². The van der Waals surface area contributed by atoms with Crippen LogP contribution in [0.3, 0.4) is 0 Å². The summed E-state index contributed by atoms with van der Waals surface area (Å²) in [7, 11) is 1.92. The van der Waals surface area contributed by atoms with Gasteiger partial charge in [0.25, 0.3) is 5.91 Å². The average molecular weight is 413 g/mol. The zero-order valence-electron chi connectivity index (χ0n) is 17.7. The van der Waals surface area contributed by atoms with Crippen LogP contribution in [0.2, 0.25) is 0 Å². The normalized spacial score (nSPS) is 10.7. The maximum atomic E-state index is 12.8. The summed E-state index contributed by atoms with van der Waals surface area (Å²) in [4.78, 5) is 17.0. The number of rotatable bonds is 6. The second kappa shape index (κ2) is 8.79. The number of aryl methyl sites for hydroxylation is 2. The summed E-state index contributed by atoms with van der Waals surface area (Å²) in [6, 6.07) is 18.6. The van der Waals surface area contributed by atoms with E-state index in [1.54, 1.807) is 30.5 Å². The Labute approximate surface area is 180 Å². The highest BCUT2D eigenvalue weighted by Crippen LogP contribution is 2.25. The summed E-state index contributed by atoms with van der Waals surface area (Å²) in [5, 5.41) is 11.3. The van der Waals surface area contributed by atoms with E-state index in [1.165, 1.54) is 0 Å². The second-order valence-electron chi connectivity index (χ2n) is 7.25. The van der Waals surface area contributed by atoms with Gasteiger partial charge in [-0.3, -0.25) is 9.78 Å². The van der Waals surface area contributed by atoms with Gasteiger partial charge in [-0.25, -0.2) is 0 Å². The van der Waals surface area contributed by atoms with Gasteiger partial charge in [-0.1, -0.05) is 18.2 Å². The van der Waals surface area contributed by atoms with Crippen molar-refractivity contribution in [1.82, 2.24) is 19.7 Å². The van der Waals surface area contributed by atoms with Crippen LogP contribution in [0.1, 0.15) is 27.4 Å². The van der Waals surface area contributed by atoms with Crippen molar-refractivity contribution in [1.29, 1.82) is 0 Å². The lowest BCUT2D eigenvalue weighted by molar-refractivity contribution is 0.102. The van der Waals surface area contributed by atoms with Crippen molar-refractivity contribution in [3.8, 4) is 17.1 Å². The molecule has 2 aromatic heterocycles. The van der Waals surface area contributed by atoms with Crippen molar-refractivity contribution in [2.75, 3.05) is 5.32 Å². The standard InChI is InChI=1S/C24H23N5O2/c1-16-7-8-19(23-28-27-17(2)29(23)3)14-22(16)26-24(30)18-9-11-21(12-10-18)31-15-20-6-4-5-13-25-20/h4-14H,15H2,1-3H3,(H,26,30). The van der Waals surface area contributed by atoms with Crippen LogP contribution in [-0.4, -0.2) is 25.7 Å². The molecule has 4 rings (SSSR count). The summed E-state index contributed by atoms with van der Waals surface area (Å²) in [5.74, 6) is 2.07. The molecule has 0 spiro atoms. The number of nitrogens with one attached hydrogen (secondary N) is 1. The van der Waals surface area contributed by atoms with E-state index in [0.29, 0.717) is 17.9 Å². The highest BCUT2D eigenvalue weighted by Gasteiger charge is 2.12. The van der Waals surface area contributed by atoms with Crippen LogP contribution in [0.15, 0.2) is 66.9 Å². The molecule has 31 heavy (non-hydrogen) atoms. The Morgan fingerprint density at radius 2 is 1.84 bits per heavy atom. The maximum Gasteiger partial charge on any atom is 0.255 e. The van der Waals surface area contributed by atoms with E-state index < -0.39 is 0 Å². The first-order chi connectivity index (χ1) is 15.0. The monoisotopic (exact) mass is 413 g/mol. The molecular formula is C24H23N5O2. The molecule has 0 bridgehead atoms. The van der Waals surface area contributed by atoms with Crippen molar-refractivity contribution in [3.63, 3.8) is 0 Å². The van der Waals surface area contributed by atoms with Gasteiger partial charge in [0.2, 0.25) is 0 Å². The quantitative estimate of drug-likeness (QED) is 0.509. The summed E-state index contributed by atoms with van der Waals surface area (Å²) < 4.78 is 7.65. The fourth-order valence-electron chi connectivity index (χ4n) is 3.09. The van der Waals surface area contributed by atoms with Gasteiger partial charge in [0, 0.05) is 30.1 Å². The number of hydrogen-bond donors (Lipinski definition) is 1. The summed E-state index contributed by atoms with van der Waals surface area (Å²) in [5.41, 5.74) is 3.98. The number of carbonyl (C=O) groups is 1. The molecule has 0 aliphatic heterocycles. The number of pyridine rings is 1. The predicted octanol–water partition coefficient (Wildman–Crippen LogP) is 4.33. The zero-order chi connectivity index (χ0) is 21.8. The number of nitrogens with zero attached hydrogens (tertiary/aromatic N) is 4. The number of hydrogen-bond acceptors (Lipinski definition) is 5. The highest BCUT2D eigenvalue weighted by atomic mass is 16.5. The smallest absolute Gasteiger partial charge is 0.255 e. The van der Waals surface area contributed by atoms with Crippen LogP contribution < -0.4 is 10.1 Å². The summed E-state index contributed by atoms with van der Waals surface area (Å²) in [6.45, 7) is 4.23. The van der Waals surface area contributed by atoms with E-state index in [0.717, 1.165) is 34.2 Å². The van der Waals surface area contributed by atoms with Crippen LogP contribution in [0.25, 0.3) is 11.4 Å². The molecule has 0 atom stereocenters. The molecule has 1 amide bonds. The van der Waals surface area contributed by atoms with Gasteiger partial charge < -0.3 is 14.6 Å². The molecule has 0 aliphatic carbocycles. The topological polar surface area (TPSA) is 81.9 Å². The maximum absolute atomic E-state index is 12.8. The molecule has 1 N–H and O–H groups in total. The molecule has 2 heterocycles. The summed E-state index contributed by atoms with van der Waals surface area (Å²) >= 11 is 0. The van der Waals surface area contributed by atoms with E-state index in [2.05, 4.69) is 20.5 Å². The number of amides is 1. The first-order valence-corrected chi connectivity index (χ1v) is 9.92. The van der Waals surface area contributed by atoms with Crippen molar-refractivity contribution in [3.05, 3.63) is 89.5 Å². The van der Waals surface area contributed by atoms with Crippen molar-refractivity contribution in [2.24, 2.45) is 7.05 Å². The number of benzene rings is 2. The zero-order valence-corrected chi connectivity index (χ0v) is 17.7. The minimum atomic E-state index is -0.189. The van der Waals surface area contributed by atoms with Crippen LogP contribution in [0.4, 0.5) is 5.69 Å².